The second-order valence-electron chi connectivity index (χ2n) is 3.48. The van der Waals surface area contributed by atoms with Crippen molar-refractivity contribution in [3.8, 4) is 0 Å². The molecule has 15 heavy (non-hydrogen) atoms. The molecule has 0 saturated carbocycles. The minimum absolute atomic E-state index is 0.0733. The van der Waals surface area contributed by atoms with E-state index < -0.39 is 0 Å². The smallest absolute Gasteiger partial charge is 0.274 e. The highest BCUT2D eigenvalue weighted by atomic mass is 16.5. The van der Waals surface area contributed by atoms with E-state index in [2.05, 4.69) is 5.10 Å². The van der Waals surface area contributed by atoms with Gasteiger partial charge in [0.2, 0.25) is 0 Å². The predicted octanol–water partition coefficient (Wildman–Crippen LogP) is -0.525. The molecular weight excluding hydrogens is 196 g/mol. The normalized spacial score (nSPS) is 16.7. The summed E-state index contributed by atoms with van der Waals surface area (Å²) in [7, 11) is 1.71. The van der Waals surface area contributed by atoms with Gasteiger partial charge in [-0.2, -0.15) is 5.10 Å². The molecule has 1 fully saturated rings. The highest BCUT2D eigenvalue weighted by molar-refractivity contribution is 5.97. The molecule has 2 rings (SSSR count). The van der Waals surface area contributed by atoms with Crippen LogP contribution in [0.5, 0.6) is 0 Å². The van der Waals surface area contributed by atoms with Crippen LogP contribution >= 0.6 is 0 Å². The molecule has 0 aromatic carbocycles. The van der Waals surface area contributed by atoms with Crippen LogP contribution in [0.25, 0.3) is 0 Å². The van der Waals surface area contributed by atoms with Gasteiger partial charge in [0.25, 0.3) is 5.91 Å². The number of morpholine rings is 1. The van der Waals surface area contributed by atoms with Crippen LogP contribution in [0.1, 0.15) is 10.5 Å². The van der Waals surface area contributed by atoms with E-state index in [9.17, 15) is 4.79 Å². The van der Waals surface area contributed by atoms with E-state index in [1.54, 1.807) is 11.9 Å². The van der Waals surface area contributed by atoms with Crippen molar-refractivity contribution in [3.63, 3.8) is 0 Å². The first-order valence-electron chi connectivity index (χ1n) is 4.84. The molecule has 6 heteroatoms. The second kappa shape index (κ2) is 3.90. The molecule has 6 nitrogen and oxygen atoms in total. The van der Waals surface area contributed by atoms with Crippen molar-refractivity contribution in [2.75, 3.05) is 32.0 Å². The Morgan fingerprint density at radius 3 is 2.73 bits per heavy atom. The van der Waals surface area contributed by atoms with E-state index in [-0.39, 0.29) is 5.91 Å². The number of amides is 1. The molecule has 1 saturated heterocycles. The Labute approximate surface area is 87.6 Å². The fraction of sp³-hybridized carbons (Fsp3) is 0.556. The number of hydrogen-bond acceptors (Lipinski definition) is 4. The Kier molecular flexibility index (Phi) is 2.59. The lowest BCUT2D eigenvalue weighted by molar-refractivity contribution is 0.0296. The number of carbonyl (C=O) groups is 1. The maximum atomic E-state index is 12.0. The van der Waals surface area contributed by atoms with Gasteiger partial charge in [-0.15, -0.1) is 0 Å². The summed E-state index contributed by atoms with van der Waals surface area (Å²) in [5.41, 5.74) is 6.57. The number of anilines is 1. The van der Waals surface area contributed by atoms with Crippen LogP contribution in [0.3, 0.4) is 0 Å². The molecule has 1 aliphatic rings. The fourth-order valence-electron chi connectivity index (χ4n) is 1.63. The molecule has 1 aromatic rings. The first kappa shape index (κ1) is 9.97. The molecule has 0 atom stereocenters. The van der Waals surface area contributed by atoms with Gasteiger partial charge in [-0.3, -0.25) is 9.48 Å². The van der Waals surface area contributed by atoms with Crippen LogP contribution in [0.2, 0.25) is 0 Å². The minimum atomic E-state index is -0.0733. The summed E-state index contributed by atoms with van der Waals surface area (Å²) >= 11 is 0. The maximum Gasteiger partial charge on any atom is 0.274 e. The van der Waals surface area contributed by atoms with Crippen molar-refractivity contribution in [2.24, 2.45) is 7.05 Å². The van der Waals surface area contributed by atoms with E-state index in [0.717, 1.165) is 0 Å². The van der Waals surface area contributed by atoms with Gasteiger partial charge in [0, 0.05) is 20.1 Å². The average molecular weight is 210 g/mol. The molecule has 1 aliphatic heterocycles. The summed E-state index contributed by atoms with van der Waals surface area (Å²) in [4.78, 5) is 13.8. The molecule has 1 amide bonds. The van der Waals surface area contributed by atoms with Crippen molar-refractivity contribution in [2.45, 2.75) is 0 Å². The number of carbonyl (C=O) groups excluding carboxylic acids is 1. The van der Waals surface area contributed by atoms with Crippen LogP contribution in [0.4, 0.5) is 5.69 Å². The van der Waals surface area contributed by atoms with Crippen molar-refractivity contribution < 1.29 is 9.53 Å². The van der Waals surface area contributed by atoms with Gasteiger partial charge in [0.05, 0.1) is 25.1 Å². The first-order chi connectivity index (χ1) is 7.20. The number of nitrogens with two attached hydrogens (primary N) is 1. The summed E-state index contributed by atoms with van der Waals surface area (Å²) in [6.45, 7) is 2.40. The van der Waals surface area contributed by atoms with E-state index in [1.807, 2.05) is 0 Å². The topological polar surface area (TPSA) is 73.4 Å². The van der Waals surface area contributed by atoms with Gasteiger partial charge in [0.1, 0.15) is 5.69 Å². The number of rotatable bonds is 1. The van der Waals surface area contributed by atoms with Crippen molar-refractivity contribution in [3.05, 3.63) is 11.9 Å². The van der Waals surface area contributed by atoms with Gasteiger partial charge in [-0.05, 0) is 0 Å². The molecule has 0 radical (unpaired) electrons. The third kappa shape index (κ3) is 1.80. The van der Waals surface area contributed by atoms with Gasteiger partial charge in [-0.25, -0.2) is 0 Å². The molecule has 0 spiro atoms. The van der Waals surface area contributed by atoms with Crippen LogP contribution < -0.4 is 5.73 Å². The summed E-state index contributed by atoms with van der Waals surface area (Å²) in [6.07, 6.45) is 1.49. The van der Waals surface area contributed by atoms with Gasteiger partial charge >= 0.3 is 0 Å². The largest absolute Gasteiger partial charge is 0.396 e. The molecule has 0 unspecified atom stereocenters. The van der Waals surface area contributed by atoms with Crippen molar-refractivity contribution >= 4 is 11.6 Å². The molecular formula is C9H14N4O2. The molecule has 2 heterocycles. The van der Waals surface area contributed by atoms with Crippen LogP contribution in [0.15, 0.2) is 6.20 Å². The molecule has 1 aromatic heterocycles. The van der Waals surface area contributed by atoms with Gasteiger partial charge in [-0.1, -0.05) is 0 Å². The number of aryl methyl sites for hydroxylation is 1. The predicted molar refractivity (Wildman–Crippen MR) is 54.3 cm³/mol. The zero-order valence-corrected chi connectivity index (χ0v) is 8.64. The third-order valence-electron chi connectivity index (χ3n) is 2.47. The summed E-state index contributed by atoms with van der Waals surface area (Å²) in [5.74, 6) is -0.0733. The highest BCUT2D eigenvalue weighted by Gasteiger charge is 2.23. The highest BCUT2D eigenvalue weighted by Crippen LogP contribution is 2.13. The van der Waals surface area contributed by atoms with Gasteiger partial charge < -0.3 is 15.4 Å². The third-order valence-corrected chi connectivity index (χ3v) is 2.47. The van der Waals surface area contributed by atoms with Crippen LogP contribution in [-0.4, -0.2) is 46.9 Å². The molecule has 82 valence electrons. The number of hydrogen-bond donors (Lipinski definition) is 1. The summed E-state index contributed by atoms with van der Waals surface area (Å²) < 4.78 is 6.69. The average Bonchev–Trinajstić information content (AvgIpc) is 2.59. The molecule has 2 N–H and O–H groups in total. The number of nitrogen functional groups attached to an aromatic ring is 1. The van der Waals surface area contributed by atoms with E-state index in [4.69, 9.17) is 10.5 Å². The van der Waals surface area contributed by atoms with Crippen LogP contribution in [-0.2, 0) is 11.8 Å². The SMILES string of the molecule is Cn1ncc(N)c1C(=O)N1CCOCC1. The Bertz CT molecular complexity index is 349. The Morgan fingerprint density at radius 2 is 2.20 bits per heavy atom. The first-order valence-corrected chi connectivity index (χ1v) is 4.84. The lowest BCUT2D eigenvalue weighted by Crippen LogP contribution is -2.41. The van der Waals surface area contributed by atoms with E-state index >= 15 is 0 Å². The van der Waals surface area contributed by atoms with Crippen LogP contribution in [0, 0.1) is 0 Å². The zero-order valence-electron chi connectivity index (χ0n) is 8.64. The Hall–Kier alpha value is -1.56. The molecule has 0 bridgehead atoms. The standard InChI is InChI=1S/C9H14N4O2/c1-12-8(7(10)6-11-12)9(14)13-2-4-15-5-3-13/h6H,2-5,10H2,1H3. The monoisotopic (exact) mass is 210 g/mol. The lowest BCUT2D eigenvalue weighted by atomic mass is 10.3. The maximum absolute atomic E-state index is 12.0. The summed E-state index contributed by atoms with van der Waals surface area (Å²) in [6, 6.07) is 0. The summed E-state index contributed by atoms with van der Waals surface area (Å²) in [5, 5.41) is 3.94. The van der Waals surface area contributed by atoms with E-state index in [1.165, 1.54) is 10.9 Å². The van der Waals surface area contributed by atoms with Gasteiger partial charge in [0.15, 0.2) is 0 Å². The number of nitrogens with zero attached hydrogens (tertiary/aromatic N) is 3. The second-order valence-corrected chi connectivity index (χ2v) is 3.48. The number of ether oxygens (including phenoxy) is 1. The zero-order chi connectivity index (χ0) is 10.8. The molecule has 0 aliphatic carbocycles. The fourth-order valence-corrected chi connectivity index (χ4v) is 1.63. The minimum Gasteiger partial charge on any atom is -0.396 e. The lowest BCUT2D eigenvalue weighted by Gasteiger charge is -2.26. The number of aromatic nitrogens is 2. The van der Waals surface area contributed by atoms with Crippen molar-refractivity contribution in [1.82, 2.24) is 14.7 Å². The quantitative estimate of drug-likeness (QED) is 0.676. The Morgan fingerprint density at radius 1 is 1.53 bits per heavy atom. The van der Waals surface area contributed by atoms with E-state index in [0.29, 0.717) is 37.7 Å². The Balaban J connectivity index is 2.19. The van der Waals surface area contributed by atoms with Crippen molar-refractivity contribution in [1.29, 1.82) is 0 Å².